The van der Waals surface area contributed by atoms with Crippen molar-refractivity contribution in [3.8, 4) is 16.9 Å². The second-order valence-corrected chi connectivity index (χ2v) is 6.13. The number of amides is 2. The lowest BCUT2D eigenvalue weighted by Crippen LogP contribution is -2.51. The molecule has 0 fully saturated rings. The quantitative estimate of drug-likeness (QED) is 0.431. The first-order chi connectivity index (χ1) is 12.9. The average molecular weight is 388 g/mol. The molecule has 2 aromatic carbocycles. The zero-order valence-corrected chi connectivity index (χ0v) is 15.5. The zero-order chi connectivity index (χ0) is 20.0. The van der Waals surface area contributed by atoms with Gasteiger partial charge in [0.15, 0.2) is 0 Å². The molecule has 7 nitrogen and oxygen atoms in total. The second-order valence-electron chi connectivity index (χ2n) is 6.13. The molecule has 0 heterocycles. The maximum absolute atomic E-state index is 12.4. The van der Waals surface area contributed by atoms with Crippen LogP contribution in [0.3, 0.4) is 0 Å². The van der Waals surface area contributed by atoms with Crippen LogP contribution < -0.4 is 15.5 Å². The topological polar surface area (TPSA) is 108 Å². The largest absolute Gasteiger partial charge is 0.496 e. The molecule has 4 N–H and O–H groups in total. The molecule has 0 unspecified atom stereocenters. The van der Waals surface area contributed by atoms with Crippen LogP contribution >= 0.6 is 0 Å². The van der Waals surface area contributed by atoms with Crippen LogP contribution in [0.1, 0.15) is 37.2 Å². The number of rotatable bonds is 7. The first-order valence-corrected chi connectivity index (χ1v) is 8.61. The Morgan fingerprint density at radius 2 is 1.79 bits per heavy atom. The summed E-state index contributed by atoms with van der Waals surface area (Å²) in [5.41, 5.74) is 4.70. The summed E-state index contributed by atoms with van der Waals surface area (Å²) in [6, 6.07) is 11.7. The van der Waals surface area contributed by atoms with Crippen molar-refractivity contribution in [2.45, 2.75) is 39.8 Å². The number of aliphatic hydroxyl groups excluding tert-OH is 1. The van der Waals surface area contributed by atoms with Crippen LogP contribution in [0.5, 0.6) is 5.75 Å². The number of hydrogen-bond donors (Lipinski definition) is 4. The van der Waals surface area contributed by atoms with Crippen molar-refractivity contribution in [1.29, 1.82) is 0 Å². The van der Waals surface area contributed by atoms with Crippen LogP contribution in [0.15, 0.2) is 42.5 Å². The maximum Gasteiger partial charge on any atom is 0.268 e. The van der Waals surface area contributed by atoms with Gasteiger partial charge in [0, 0.05) is 11.1 Å². The molecule has 0 bridgehead atoms. The molecule has 2 atom stereocenters. The molecule has 0 aliphatic heterocycles. The van der Waals surface area contributed by atoms with E-state index in [0.717, 1.165) is 17.5 Å². The molecular formula is C21H28N2O5. The third kappa shape index (κ3) is 5.31. The molecule has 0 aliphatic carbocycles. The highest BCUT2D eigenvalue weighted by Crippen LogP contribution is 2.31. The number of aryl methyl sites for hydroxylation is 1. The summed E-state index contributed by atoms with van der Waals surface area (Å²) in [6.07, 6.45) is -0.234. The van der Waals surface area contributed by atoms with Gasteiger partial charge in [0.25, 0.3) is 11.8 Å². The number of hydrogen-bond acceptors (Lipinski definition) is 5. The van der Waals surface area contributed by atoms with Crippen molar-refractivity contribution in [3.63, 3.8) is 0 Å². The lowest BCUT2D eigenvalue weighted by Gasteiger charge is -2.19. The Labute approximate surface area is 165 Å². The third-order valence-electron chi connectivity index (χ3n) is 4.30. The molecule has 7 heteroatoms. The van der Waals surface area contributed by atoms with Gasteiger partial charge in [-0.15, -0.1) is 0 Å². The van der Waals surface area contributed by atoms with Crippen LogP contribution in [-0.4, -0.2) is 41.4 Å². The summed E-state index contributed by atoms with van der Waals surface area (Å²) in [6.45, 7) is 3.42. The SMILES string of the molecule is C.CCc1ccc(-c2ccc(C(=O)N[C@H](C(=O)NO)[C@@H](C)O)cc2OC)cc1. The summed E-state index contributed by atoms with van der Waals surface area (Å²) in [5.74, 6) is -0.972. The fourth-order valence-corrected chi connectivity index (χ4v) is 2.69. The normalized spacial score (nSPS) is 12.3. The van der Waals surface area contributed by atoms with Crippen LogP contribution in [0.25, 0.3) is 11.1 Å². The van der Waals surface area contributed by atoms with Gasteiger partial charge in [0.05, 0.1) is 13.2 Å². The maximum atomic E-state index is 12.4. The summed E-state index contributed by atoms with van der Waals surface area (Å²) in [4.78, 5) is 24.0. The number of ether oxygens (including phenoxy) is 1. The Morgan fingerprint density at radius 1 is 1.14 bits per heavy atom. The van der Waals surface area contributed by atoms with Crippen molar-refractivity contribution < 1.29 is 24.6 Å². The van der Waals surface area contributed by atoms with E-state index in [-0.39, 0.29) is 13.0 Å². The number of benzene rings is 2. The van der Waals surface area contributed by atoms with Gasteiger partial charge < -0.3 is 15.2 Å². The molecule has 0 saturated carbocycles. The Bertz CT molecular complexity index is 803. The number of carbonyl (C=O) groups is 2. The number of carbonyl (C=O) groups excluding carboxylic acids is 2. The van der Waals surface area contributed by atoms with Crippen molar-refractivity contribution in [2.24, 2.45) is 0 Å². The highest BCUT2D eigenvalue weighted by atomic mass is 16.5. The van der Waals surface area contributed by atoms with Gasteiger partial charge >= 0.3 is 0 Å². The Morgan fingerprint density at radius 3 is 2.29 bits per heavy atom. The van der Waals surface area contributed by atoms with E-state index in [9.17, 15) is 14.7 Å². The molecule has 0 saturated heterocycles. The Hall–Kier alpha value is -2.90. The lowest BCUT2D eigenvalue weighted by molar-refractivity contribution is -0.133. The predicted molar refractivity (Wildman–Crippen MR) is 107 cm³/mol. The summed E-state index contributed by atoms with van der Waals surface area (Å²) in [7, 11) is 1.51. The van der Waals surface area contributed by atoms with E-state index in [4.69, 9.17) is 9.94 Å². The van der Waals surface area contributed by atoms with Crippen molar-refractivity contribution >= 4 is 11.8 Å². The zero-order valence-electron chi connectivity index (χ0n) is 15.5. The van der Waals surface area contributed by atoms with E-state index in [1.54, 1.807) is 18.2 Å². The number of hydroxylamine groups is 1. The van der Waals surface area contributed by atoms with Gasteiger partial charge in [-0.05, 0) is 42.7 Å². The van der Waals surface area contributed by atoms with E-state index in [0.29, 0.717) is 5.75 Å². The third-order valence-corrected chi connectivity index (χ3v) is 4.30. The van der Waals surface area contributed by atoms with Crippen molar-refractivity contribution in [3.05, 3.63) is 53.6 Å². The monoisotopic (exact) mass is 388 g/mol. The molecule has 0 radical (unpaired) electrons. The predicted octanol–water partition coefficient (Wildman–Crippen LogP) is 2.55. The summed E-state index contributed by atoms with van der Waals surface area (Å²) < 4.78 is 5.42. The summed E-state index contributed by atoms with van der Waals surface area (Å²) in [5, 5.41) is 20.8. The molecule has 2 amide bonds. The molecule has 2 rings (SSSR count). The van der Waals surface area contributed by atoms with E-state index >= 15 is 0 Å². The minimum Gasteiger partial charge on any atom is -0.496 e. The molecule has 152 valence electrons. The van der Waals surface area contributed by atoms with E-state index in [2.05, 4.69) is 12.2 Å². The van der Waals surface area contributed by atoms with Gasteiger partial charge in [0.1, 0.15) is 11.8 Å². The highest BCUT2D eigenvalue weighted by Gasteiger charge is 2.26. The first-order valence-electron chi connectivity index (χ1n) is 8.61. The van der Waals surface area contributed by atoms with Gasteiger partial charge in [-0.1, -0.05) is 38.6 Å². The van der Waals surface area contributed by atoms with Crippen LogP contribution in [0.4, 0.5) is 0 Å². The van der Waals surface area contributed by atoms with Crippen molar-refractivity contribution in [2.75, 3.05) is 7.11 Å². The fourth-order valence-electron chi connectivity index (χ4n) is 2.69. The van der Waals surface area contributed by atoms with Crippen molar-refractivity contribution in [1.82, 2.24) is 10.8 Å². The highest BCUT2D eigenvalue weighted by molar-refractivity contribution is 5.98. The van der Waals surface area contributed by atoms with E-state index < -0.39 is 24.0 Å². The number of aliphatic hydroxyl groups is 1. The minimum absolute atomic E-state index is 0. The number of nitrogens with one attached hydrogen (secondary N) is 2. The molecular weight excluding hydrogens is 360 g/mol. The van der Waals surface area contributed by atoms with Gasteiger partial charge in [-0.3, -0.25) is 14.8 Å². The molecule has 0 aromatic heterocycles. The van der Waals surface area contributed by atoms with Crippen LogP contribution in [0, 0.1) is 0 Å². The standard InChI is InChI=1S/C20H24N2O5.CH4/c1-4-13-5-7-14(8-6-13)16-10-9-15(11-17(16)27-3)19(24)21-18(12(2)23)20(25)22-26;/h5-12,18,23,26H,4H2,1-3H3,(H,21,24)(H,22,25);1H4/t12-,18+;/m1./s1. The molecule has 28 heavy (non-hydrogen) atoms. The molecule has 2 aromatic rings. The lowest BCUT2D eigenvalue weighted by atomic mass is 10.00. The van der Waals surface area contributed by atoms with E-state index in [1.807, 2.05) is 24.3 Å². The Balaban J connectivity index is 0.00000392. The van der Waals surface area contributed by atoms with Crippen LogP contribution in [-0.2, 0) is 11.2 Å². The molecule has 0 aliphatic rings. The number of methoxy groups -OCH3 is 1. The Kier molecular flexibility index (Phi) is 8.63. The van der Waals surface area contributed by atoms with Gasteiger partial charge in [-0.25, -0.2) is 5.48 Å². The molecule has 0 spiro atoms. The average Bonchev–Trinajstić information content (AvgIpc) is 2.70. The van der Waals surface area contributed by atoms with Crippen LogP contribution in [0.2, 0.25) is 0 Å². The van der Waals surface area contributed by atoms with E-state index in [1.165, 1.54) is 25.1 Å². The second kappa shape index (κ2) is 10.4. The minimum atomic E-state index is -1.28. The fraction of sp³-hybridized carbons (Fsp3) is 0.333. The first kappa shape index (κ1) is 23.1. The van der Waals surface area contributed by atoms with Gasteiger partial charge in [-0.2, -0.15) is 0 Å². The smallest absolute Gasteiger partial charge is 0.268 e. The van der Waals surface area contributed by atoms with Gasteiger partial charge in [0.2, 0.25) is 0 Å². The summed E-state index contributed by atoms with van der Waals surface area (Å²) >= 11 is 0.